The van der Waals surface area contributed by atoms with E-state index < -0.39 is 0 Å². The van der Waals surface area contributed by atoms with E-state index in [0.29, 0.717) is 0 Å². The Morgan fingerprint density at radius 1 is 1.40 bits per heavy atom. The van der Waals surface area contributed by atoms with Crippen molar-refractivity contribution in [3.63, 3.8) is 0 Å². The summed E-state index contributed by atoms with van der Waals surface area (Å²) in [4.78, 5) is 1.18. The van der Waals surface area contributed by atoms with Crippen LogP contribution in [-0.4, -0.2) is 6.26 Å². The molecule has 10 heavy (non-hydrogen) atoms. The molecule has 0 bridgehead atoms. The number of hydrogen-bond acceptors (Lipinski definition) is 1. The largest absolute Gasteiger partial charge is 0.290 e. The summed E-state index contributed by atoms with van der Waals surface area (Å²) >= 11 is 1.67. The van der Waals surface area contributed by atoms with E-state index in [9.17, 15) is 5.11 Å². The van der Waals surface area contributed by atoms with Gasteiger partial charge in [0.1, 0.15) is 0 Å². The Kier molecular flexibility index (Phi) is 2.22. The van der Waals surface area contributed by atoms with Crippen molar-refractivity contribution < 1.29 is 5.11 Å². The summed E-state index contributed by atoms with van der Waals surface area (Å²) in [7, 11) is 0. The molecule has 1 aromatic rings. The molecule has 0 spiro atoms. The van der Waals surface area contributed by atoms with Crippen molar-refractivity contribution in [3.05, 3.63) is 23.8 Å². The van der Waals surface area contributed by atoms with Gasteiger partial charge < -0.3 is 0 Å². The Balaban J connectivity index is 3.07. The molecule has 0 fully saturated rings. The first-order valence-corrected chi connectivity index (χ1v) is 4.28. The molecule has 0 aliphatic carbocycles. The third-order valence-electron chi connectivity index (χ3n) is 1.37. The Bertz CT molecular complexity index is 233. The molecular weight excluding hydrogens is 144 g/mol. The van der Waals surface area contributed by atoms with E-state index in [4.69, 9.17) is 0 Å². The zero-order valence-electron chi connectivity index (χ0n) is 6.05. The van der Waals surface area contributed by atoms with Crippen LogP contribution in [0.4, 0.5) is 0 Å². The lowest BCUT2D eigenvalue weighted by Crippen LogP contribution is -1.75. The first-order chi connectivity index (χ1) is 4.74. The molecule has 0 unspecified atom stereocenters. The molecular formula is C8H9OS. The summed E-state index contributed by atoms with van der Waals surface area (Å²) in [6, 6.07) is 5.12. The average molecular weight is 153 g/mol. The van der Waals surface area contributed by atoms with Gasteiger partial charge in [0.25, 0.3) is 0 Å². The highest BCUT2D eigenvalue weighted by Crippen LogP contribution is 2.23. The van der Waals surface area contributed by atoms with E-state index in [1.54, 1.807) is 23.9 Å². The standard InChI is InChI=1S/C8H9OS/c1-6-5-7(9)3-4-8(6)10-2/h3-5H,1-2H3. The fourth-order valence-electron chi connectivity index (χ4n) is 0.851. The summed E-state index contributed by atoms with van der Waals surface area (Å²) in [6.45, 7) is 1.95. The van der Waals surface area contributed by atoms with Crippen LogP contribution in [0.2, 0.25) is 0 Å². The summed E-state index contributed by atoms with van der Waals surface area (Å²) in [5.41, 5.74) is 1.07. The van der Waals surface area contributed by atoms with Crippen molar-refractivity contribution in [1.82, 2.24) is 0 Å². The quantitative estimate of drug-likeness (QED) is 0.568. The highest BCUT2D eigenvalue weighted by molar-refractivity contribution is 7.98. The predicted molar refractivity (Wildman–Crippen MR) is 43.1 cm³/mol. The minimum Gasteiger partial charge on any atom is -0.290 e. The van der Waals surface area contributed by atoms with Crippen LogP contribution in [0.15, 0.2) is 23.1 Å². The zero-order valence-corrected chi connectivity index (χ0v) is 6.87. The lowest BCUT2D eigenvalue weighted by Gasteiger charge is -1.99. The van der Waals surface area contributed by atoms with Gasteiger partial charge in [0, 0.05) is 4.90 Å². The summed E-state index contributed by atoms with van der Waals surface area (Å²) < 4.78 is 0. The first kappa shape index (κ1) is 7.48. The average Bonchev–Trinajstić information content (AvgIpc) is 1.88. The Morgan fingerprint density at radius 2 is 2.10 bits per heavy atom. The molecule has 0 atom stereocenters. The third-order valence-corrected chi connectivity index (χ3v) is 2.26. The highest BCUT2D eigenvalue weighted by Gasteiger charge is 1.96. The van der Waals surface area contributed by atoms with E-state index in [1.165, 1.54) is 4.90 Å². The van der Waals surface area contributed by atoms with E-state index in [2.05, 4.69) is 0 Å². The first-order valence-electron chi connectivity index (χ1n) is 3.05. The van der Waals surface area contributed by atoms with Gasteiger partial charge in [-0.1, -0.05) is 0 Å². The topological polar surface area (TPSA) is 19.9 Å². The van der Waals surface area contributed by atoms with E-state index in [1.807, 2.05) is 19.2 Å². The van der Waals surface area contributed by atoms with Gasteiger partial charge in [0.2, 0.25) is 0 Å². The molecule has 2 heteroatoms. The second-order valence-corrected chi connectivity index (χ2v) is 2.98. The van der Waals surface area contributed by atoms with Crippen LogP contribution >= 0.6 is 11.8 Å². The molecule has 53 valence electrons. The number of rotatable bonds is 1. The molecule has 1 radical (unpaired) electrons. The maximum Gasteiger partial charge on any atom is 0.178 e. The van der Waals surface area contributed by atoms with Gasteiger partial charge >= 0.3 is 0 Å². The van der Waals surface area contributed by atoms with Gasteiger partial charge in [-0.3, -0.25) is 5.11 Å². The van der Waals surface area contributed by atoms with Crippen LogP contribution in [0.25, 0.3) is 0 Å². The van der Waals surface area contributed by atoms with Crippen molar-refractivity contribution in [2.75, 3.05) is 6.26 Å². The van der Waals surface area contributed by atoms with Gasteiger partial charge in [-0.15, -0.1) is 11.8 Å². The van der Waals surface area contributed by atoms with E-state index >= 15 is 0 Å². The molecule has 0 heterocycles. The van der Waals surface area contributed by atoms with Gasteiger partial charge in [-0.25, -0.2) is 0 Å². The van der Waals surface area contributed by atoms with Crippen molar-refractivity contribution in [2.24, 2.45) is 0 Å². The monoisotopic (exact) mass is 153 g/mol. The highest BCUT2D eigenvalue weighted by atomic mass is 32.2. The van der Waals surface area contributed by atoms with Gasteiger partial charge in [-0.2, -0.15) is 0 Å². The fourth-order valence-corrected chi connectivity index (χ4v) is 1.44. The Hall–Kier alpha value is -0.630. The number of aryl methyl sites for hydroxylation is 1. The lowest BCUT2D eigenvalue weighted by molar-refractivity contribution is 0.354. The maximum absolute atomic E-state index is 10.7. The molecule has 1 rings (SSSR count). The fraction of sp³-hybridized carbons (Fsp3) is 0.250. The Labute approximate surface area is 65.1 Å². The lowest BCUT2D eigenvalue weighted by atomic mass is 10.2. The van der Waals surface area contributed by atoms with Crippen LogP contribution in [0, 0.1) is 6.92 Å². The van der Waals surface area contributed by atoms with Crippen LogP contribution in [0.3, 0.4) is 0 Å². The second kappa shape index (κ2) is 2.97. The Morgan fingerprint density at radius 3 is 2.60 bits per heavy atom. The van der Waals surface area contributed by atoms with Gasteiger partial charge in [0.05, 0.1) is 0 Å². The van der Waals surface area contributed by atoms with Crippen LogP contribution in [0.5, 0.6) is 5.75 Å². The summed E-state index contributed by atoms with van der Waals surface area (Å²) in [6.07, 6.45) is 2.01. The molecule has 1 nitrogen and oxygen atoms in total. The third kappa shape index (κ3) is 1.45. The van der Waals surface area contributed by atoms with Crippen LogP contribution in [0.1, 0.15) is 5.56 Å². The van der Waals surface area contributed by atoms with Gasteiger partial charge in [-0.05, 0) is 36.9 Å². The zero-order chi connectivity index (χ0) is 7.56. The molecule has 0 aliphatic rings. The summed E-state index contributed by atoms with van der Waals surface area (Å²) in [5.74, 6) is 0.0929. The van der Waals surface area contributed by atoms with E-state index in [-0.39, 0.29) is 5.75 Å². The predicted octanol–water partition coefficient (Wildman–Crippen LogP) is 2.86. The molecule has 0 aliphatic heterocycles. The van der Waals surface area contributed by atoms with Crippen LogP contribution < -0.4 is 0 Å². The minimum absolute atomic E-state index is 0.0929. The maximum atomic E-state index is 10.7. The number of thioether (sulfide) groups is 1. The summed E-state index contributed by atoms with van der Waals surface area (Å²) in [5, 5.41) is 10.7. The van der Waals surface area contributed by atoms with Crippen LogP contribution in [-0.2, 0) is 5.11 Å². The SMILES string of the molecule is CSc1ccc([O])cc1C. The van der Waals surface area contributed by atoms with Crippen molar-refractivity contribution in [1.29, 1.82) is 0 Å². The molecule has 0 amide bonds. The molecule has 0 N–H and O–H groups in total. The second-order valence-electron chi connectivity index (χ2n) is 2.13. The van der Waals surface area contributed by atoms with Crippen molar-refractivity contribution >= 4 is 11.8 Å². The van der Waals surface area contributed by atoms with Gasteiger partial charge in [0.15, 0.2) is 5.75 Å². The number of benzene rings is 1. The van der Waals surface area contributed by atoms with Crippen molar-refractivity contribution in [2.45, 2.75) is 11.8 Å². The van der Waals surface area contributed by atoms with E-state index in [0.717, 1.165) is 5.56 Å². The minimum atomic E-state index is 0.0929. The normalized spacial score (nSPS) is 9.80. The molecule has 1 aromatic carbocycles. The van der Waals surface area contributed by atoms with Crippen molar-refractivity contribution in [3.8, 4) is 5.75 Å². The number of hydrogen-bond donors (Lipinski definition) is 0. The molecule has 0 saturated heterocycles. The molecule has 0 aromatic heterocycles. The smallest absolute Gasteiger partial charge is 0.178 e. The molecule has 0 saturated carbocycles.